The molecule has 2 aromatic carbocycles. The number of piperidine rings is 1. The molecule has 2 heterocycles. The van der Waals surface area contributed by atoms with Crippen molar-refractivity contribution in [3.8, 4) is 0 Å². The Bertz CT molecular complexity index is 1270. The number of carbonyl (C=O) groups excluding carboxylic acids is 2. The molecule has 0 unspecified atom stereocenters. The van der Waals surface area contributed by atoms with Gasteiger partial charge in [0.2, 0.25) is 5.91 Å². The maximum absolute atomic E-state index is 14.0. The molecule has 0 aromatic heterocycles. The number of nitrogens with one attached hydrogen (secondary N) is 1. The molecule has 5 rings (SSSR count). The molecule has 2 aromatic rings. The van der Waals surface area contributed by atoms with Crippen LogP contribution in [0.3, 0.4) is 0 Å². The summed E-state index contributed by atoms with van der Waals surface area (Å²) in [5.41, 5.74) is 1.25. The van der Waals surface area contributed by atoms with Gasteiger partial charge in [0, 0.05) is 25.2 Å². The molecule has 3 aliphatic rings. The number of nitrogens with zero attached hydrogens (tertiary/aromatic N) is 2. The average Bonchev–Trinajstić information content (AvgIpc) is 3.32. The van der Waals surface area contributed by atoms with Crippen molar-refractivity contribution in [2.75, 3.05) is 18.0 Å². The molecule has 2 N–H and O–H groups in total. The maximum Gasteiger partial charge on any atom is 0.324 e. The second-order valence-corrected chi connectivity index (χ2v) is 11.4. The van der Waals surface area contributed by atoms with E-state index >= 15 is 0 Å². The van der Waals surface area contributed by atoms with E-state index in [4.69, 9.17) is 0 Å². The first-order valence-corrected chi connectivity index (χ1v) is 13.8. The van der Waals surface area contributed by atoms with Crippen LogP contribution in [-0.2, 0) is 21.4 Å². The minimum atomic E-state index is -0.970. The molecule has 0 radical (unpaired) electrons. The molecule has 0 spiro atoms. The second-order valence-electron chi connectivity index (χ2n) is 11.4. The second kappa shape index (κ2) is 10.6. The molecule has 1 saturated heterocycles. The van der Waals surface area contributed by atoms with E-state index in [0.717, 1.165) is 5.56 Å². The van der Waals surface area contributed by atoms with Crippen molar-refractivity contribution in [2.45, 2.75) is 69.9 Å². The smallest absolute Gasteiger partial charge is 0.324 e. The summed E-state index contributed by atoms with van der Waals surface area (Å²) < 4.78 is 27.8. The van der Waals surface area contributed by atoms with Crippen molar-refractivity contribution >= 4 is 23.6 Å². The summed E-state index contributed by atoms with van der Waals surface area (Å²) in [6, 6.07) is 9.83. The number of carboxylic acid groups (broad SMARTS) is 1. The predicted octanol–water partition coefficient (Wildman–Crippen LogP) is 4.88. The lowest BCUT2D eigenvalue weighted by Crippen LogP contribution is -2.59. The number of likely N-dealkylation sites (tertiary alicyclic amines) is 1. The number of carbonyl (C=O) groups is 3. The van der Waals surface area contributed by atoms with Crippen LogP contribution in [0, 0.1) is 23.5 Å². The van der Waals surface area contributed by atoms with Crippen LogP contribution >= 0.6 is 0 Å². The highest BCUT2D eigenvalue weighted by Crippen LogP contribution is 2.41. The number of rotatable bonds is 4. The molecular weight excluding hydrogens is 504 g/mol. The van der Waals surface area contributed by atoms with Crippen LogP contribution in [0.1, 0.15) is 57.1 Å². The summed E-state index contributed by atoms with van der Waals surface area (Å²) in [6.45, 7) is 4.66. The van der Waals surface area contributed by atoms with Gasteiger partial charge in [0.15, 0.2) is 0 Å². The molecule has 2 fully saturated rings. The third-order valence-electron chi connectivity index (χ3n) is 9.04. The van der Waals surface area contributed by atoms with E-state index < -0.39 is 28.9 Å². The lowest BCUT2D eigenvalue weighted by atomic mass is 9.69. The molecule has 2 aliphatic heterocycles. The summed E-state index contributed by atoms with van der Waals surface area (Å²) >= 11 is 0. The zero-order chi connectivity index (χ0) is 27.9. The van der Waals surface area contributed by atoms with Crippen molar-refractivity contribution in [3.63, 3.8) is 0 Å². The van der Waals surface area contributed by atoms with Crippen molar-refractivity contribution in [1.82, 2.24) is 10.2 Å². The first kappa shape index (κ1) is 27.1. The number of halogens is 2. The van der Waals surface area contributed by atoms with E-state index in [0.29, 0.717) is 62.9 Å². The van der Waals surface area contributed by atoms with Crippen molar-refractivity contribution in [2.24, 2.45) is 11.8 Å². The molecule has 1 aliphatic carbocycles. The van der Waals surface area contributed by atoms with Gasteiger partial charge in [-0.25, -0.2) is 13.6 Å². The van der Waals surface area contributed by atoms with Crippen LogP contribution < -0.4 is 10.2 Å². The highest BCUT2D eigenvalue weighted by atomic mass is 19.1. The number of hydrogen-bond donors (Lipinski definition) is 2. The molecule has 208 valence electrons. The van der Waals surface area contributed by atoms with Gasteiger partial charge in [-0.05, 0) is 86.8 Å². The fourth-order valence-corrected chi connectivity index (χ4v) is 6.75. The van der Waals surface area contributed by atoms with Crippen molar-refractivity contribution in [3.05, 3.63) is 65.2 Å². The van der Waals surface area contributed by atoms with E-state index in [1.807, 2.05) is 13.8 Å². The van der Waals surface area contributed by atoms with Gasteiger partial charge in [0.05, 0.1) is 17.0 Å². The van der Waals surface area contributed by atoms with Gasteiger partial charge in [0.25, 0.3) is 0 Å². The predicted molar refractivity (Wildman–Crippen MR) is 142 cm³/mol. The van der Waals surface area contributed by atoms with Crippen LogP contribution in [0.2, 0.25) is 0 Å². The molecule has 3 amide bonds. The Morgan fingerprint density at radius 3 is 2.38 bits per heavy atom. The fourth-order valence-electron chi connectivity index (χ4n) is 6.75. The molecule has 7 nitrogen and oxygen atoms in total. The number of fused-ring (bicyclic) bond motifs is 1. The van der Waals surface area contributed by atoms with Crippen molar-refractivity contribution < 1.29 is 28.3 Å². The molecule has 9 heteroatoms. The normalized spacial score (nSPS) is 28.6. The molecule has 0 bridgehead atoms. The third-order valence-corrected chi connectivity index (χ3v) is 9.04. The fraction of sp³-hybridized carbons (Fsp3) is 0.500. The number of carboxylic acids is 1. The van der Waals surface area contributed by atoms with Crippen LogP contribution in [0.15, 0.2) is 42.5 Å². The largest absolute Gasteiger partial charge is 0.481 e. The lowest BCUT2D eigenvalue weighted by molar-refractivity contribution is -0.143. The standard InChI is InChI=1S/C30H35F2N3O4/c1-18-15-21(27(36)37)4-10-25(18)33-28(38)30(22-5-8-23(31)9-6-22)12-14-34(19(2)17-30)29(39)35-13-11-20-3-7-24(32)16-26(20)35/h3,5-9,16,18-19,21,25H,4,10-15,17H2,1-2H3,(H,33,38)(H,36,37)/t18-,19-,21-,25-,30-/m0/s1. The number of benzene rings is 2. The van der Waals surface area contributed by atoms with Gasteiger partial charge in [0.1, 0.15) is 11.6 Å². The van der Waals surface area contributed by atoms with E-state index in [-0.39, 0.29) is 29.9 Å². The number of amides is 3. The molecule has 1 saturated carbocycles. The van der Waals surface area contributed by atoms with Crippen molar-refractivity contribution in [1.29, 1.82) is 0 Å². The van der Waals surface area contributed by atoms with Gasteiger partial charge in [-0.3, -0.25) is 14.5 Å². The zero-order valence-electron chi connectivity index (χ0n) is 22.3. The summed E-state index contributed by atoms with van der Waals surface area (Å²) in [5.74, 6) is -2.16. The lowest BCUT2D eigenvalue weighted by Gasteiger charge is -2.46. The first-order valence-electron chi connectivity index (χ1n) is 13.8. The van der Waals surface area contributed by atoms with Crippen LogP contribution in [-0.4, -0.2) is 53.1 Å². The molecular formula is C30H35F2N3O4. The number of aliphatic carboxylic acids is 1. The van der Waals surface area contributed by atoms with Crippen LogP contribution in [0.4, 0.5) is 19.3 Å². The minimum absolute atomic E-state index is 0.00351. The van der Waals surface area contributed by atoms with Gasteiger partial charge in [-0.1, -0.05) is 25.1 Å². The summed E-state index contributed by atoms with van der Waals surface area (Å²) in [4.78, 5) is 42.5. The van der Waals surface area contributed by atoms with Gasteiger partial charge in [-0.2, -0.15) is 0 Å². The monoisotopic (exact) mass is 539 g/mol. The van der Waals surface area contributed by atoms with Gasteiger partial charge < -0.3 is 15.3 Å². The third kappa shape index (κ3) is 5.11. The van der Waals surface area contributed by atoms with Gasteiger partial charge in [-0.15, -0.1) is 0 Å². The Morgan fingerprint density at radius 1 is 1.00 bits per heavy atom. The Hall–Kier alpha value is -3.49. The highest BCUT2D eigenvalue weighted by molar-refractivity contribution is 5.95. The maximum atomic E-state index is 14.0. The summed E-state index contributed by atoms with van der Waals surface area (Å²) in [6.07, 6.45) is 2.94. The number of hydrogen-bond acceptors (Lipinski definition) is 3. The Morgan fingerprint density at radius 2 is 1.72 bits per heavy atom. The van der Waals surface area contributed by atoms with E-state index in [9.17, 15) is 28.3 Å². The Labute approximate surface area is 227 Å². The topological polar surface area (TPSA) is 90.0 Å². The average molecular weight is 540 g/mol. The SMILES string of the molecule is C[C@H]1C[C@@H](C(=O)O)CC[C@@H]1NC(=O)[C@@]1(c2ccc(F)cc2)CCN(C(=O)N2CCc3ccc(F)cc32)[C@@H](C)C1. The van der Waals surface area contributed by atoms with Crippen LogP contribution in [0.5, 0.6) is 0 Å². The number of anilines is 1. The highest BCUT2D eigenvalue weighted by Gasteiger charge is 2.48. The van der Waals surface area contributed by atoms with E-state index in [2.05, 4.69) is 5.32 Å². The summed E-state index contributed by atoms with van der Waals surface area (Å²) in [5, 5.41) is 12.6. The molecule has 39 heavy (non-hydrogen) atoms. The van der Waals surface area contributed by atoms with E-state index in [1.54, 1.807) is 28.0 Å². The van der Waals surface area contributed by atoms with Crippen LogP contribution in [0.25, 0.3) is 0 Å². The Kier molecular flexibility index (Phi) is 7.35. The summed E-state index contributed by atoms with van der Waals surface area (Å²) in [7, 11) is 0. The van der Waals surface area contributed by atoms with E-state index in [1.165, 1.54) is 24.3 Å². The quantitative estimate of drug-likeness (QED) is 0.580. The zero-order valence-corrected chi connectivity index (χ0v) is 22.3. The first-order chi connectivity index (χ1) is 18.6. The Balaban J connectivity index is 1.37. The minimum Gasteiger partial charge on any atom is -0.481 e. The number of urea groups is 1. The van der Waals surface area contributed by atoms with Gasteiger partial charge >= 0.3 is 12.0 Å². The molecule has 5 atom stereocenters.